The van der Waals surface area contributed by atoms with Gasteiger partial charge in [0.05, 0.1) is 17.3 Å². The van der Waals surface area contributed by atoms with Gasteiger partial charge in [-0.25, -0.2) is 14.8 Å². The minimum Gasteiger partial charge on any atom is -0.475 e. The summed E-state index contributed by atoms with van der Waals surface area (Å²) >= 11 is 0. The number of nitrogens with zero attached hydrogens (tertiary/aromatic N) is 4. The fourth-order valence-corrected chi connectivity index (χ4v) is 4.65. The molecule has 2 atom stereocenters. The summed E-state index contributed by atoms with van der Waals surface area (Å²) in [5.41, 5.74) is 5.68. The Bertz CT molecular complexity index is 1260. The lowest BCUT2D eigenvalue weighted by Gasteiger charge is -2.17. The van der Waals surface area contributed by atoms with Crippen LogP contribution in [0.2, 0.25) is 0 Å². The number of fused-ring (bicyclic) bond motifs is 3. The third kappa shape index (κ3) is 6.17. The standard InChI is InChI=1S/C24H23N5.C2HF3O2/c25-11-18-7-4-8-19(9-18)14-29-15-21-10-20-13-27-24(28-23(20)22(21)16-29)26-12-17-5-2-1-3-6-17;3-2(4,5)1(6)7/h1-9,13,21-22H,10,12,14-16H2,(H,26,27,28);(H,6,7). The zero-order chi connectivity index (χ0) is 25.7. The summed E-state index contributed by atoms with van der Waals surface area (Å²) in [6.07, 6.45) is -2.01. The minimum atomic E-state index is -5.08. The molecule has 2 N–H and O–H groups in total. The van der Waals surface area contributed by atoms with E-state index < -0.39 is 12.1 Å². The Kier molecular flexibility index (Phi) is 7.50. The summed E-state index contributed by atoms with van der Waals surface area (Å²) in [6, 6.07) is 20.5. The van der Waals surface area contributed by atoms with Gasteiger partial charge in [-0.3, -0.25) is 4.90 Å². The molecule has 3 aromatic rings. The molecule has 10 heteroatoms. The van der Waals surface area contributed by atoms with Gasteiger partial charge in [0.2, 0.25) is 5.95 Å². The number of anilines is 1. The lowest BCUT2D eigenvalue weighted by atomic mass is 9.99. The van der Waals surface area contributed by atoms with Crippen LogP contribution >= 0.6 is 0 Å². The maximum absolute atomic E-state index is 10.6. The first-order valence-corrected chi connectivity index (χ1v) is 11.4. The van der Waals surface area contributed by atoms with Crippen LogP contribution in [0.1, 0.15) is 33.9 Å². The molecule has 1 saturated heterocycles. The van der Waals surface area contributed by atoms with Crippen molar-refractivity contribution in [2.24, 2.45) is 5.92 Å². The number of hydrogen-bond donors (Lipinski definition) is 2. The molecule has 2 aliphatic rings. The minimum absolute atomic E-state index is 0.476. The zero-order valence-corrected chi connectivity index (χ0v) is 19.2. The molecule has 2 unspecified atom stereocenters. The molecule has 0 bridgehead atoms. The van der Waals surface area contributed by atoms with Crippen molar-refractivity contribution in [1.29, 1.82) is 5.26 Å². The number of alkyl halides is 3. The third-order valence-electron chi connectivity index (χ3n) is 6.25. The molecule has 36 heavy (non-hydrogen) atoms. The SMILES string of the molecule is N#Cc1cccc(CN2CC3Cc4cnc(NCc5ccccc5)nc4C3C2)c1.O=C(O)C(F)(F)F. The van der Waals surface area contributed by atoms with Gasteiger partial charge in [0, 0.05) is 38.3 Å². The number of carbonyl (C=O) groups is 1. The molecule has 0 spiro atoms. The molecule has 2 aromatic carbocycles. The van der Waals surface area contributed by atoms with Gasteiger partial charge in [-0.15, -0.1) is 0 Å². The Balaban J connectivity index is 0.000000384. The molecule has 2 heterocycles. The molecule has 0 radical (unpaired) electrons. The summed E-state index contributed by atoms with van der Waals surface area (Å²) in [6.45, 7) is 3.71. The number of aromatic nitrogens is 2. The van der Waals surface area contributed by atoms with Crippen LogP contribution in [-0.4, -0.2) is 45.2 Å². The average Bonchev–Trinajstić information content (AvgIpc) is 3.40. The Morgan fingerprint density at radius 1 is 1.14 bits per heavy atom. The lowest BCUT2D eigenvalue weighted by molar-refractivity contribution is -0.192. The number of likely N-dealkylation sites (tertiary alicyclic amines) is 1. The summed E-state index contributed by atoms with van der Waals surface area (Å²) in [5.74, 6) is -0.951. The number of rotatable bonds is 5. The highest BCUT2D eigenvalue weighted by Crippen LogP contribution is 2.42. The first kappa shape index (κ1) is 25.1. The fraction of sp³-hybridized carbons (Fsp3) is 0.308. The second kappa shape index (κ2) is 10.7. The van der Waals surface area contributed by atoms with Crippen LogP contribution in [0.5, 0.6) is 0 Å². The maximum Gasteiger partial charge on any atom is 0.490 e. The highest BCUT2D eigenvalue weighted by Gasteiger charge is 2.41. The van der Waals surface area contributed by atoms with Gasteiger partial charge in [-0.05, 0) is 41.2 Å². The monoisotopic (exact) mass is 495 g/mol. The molecule has 1 aliphatic heterocycles. The number of nitriles is 1. The molecule has 0 saturated carbocycles. The Morgan fingerprint density at radius 2 is 1.86 bits per heavy atom. The van der Waals surface area contributed by atoms with E-state index in [0.29, 0.717) is 17.8 Å². The number of benzene rings is 2. The molecule has 0 amide bonds. The highest BCUT2D eigenvalue weighted by molar-refractivity contribution is 5.73. The summed E-state index contributed by atoms with van der Waals surface area (Å²) in [4.78, 5) is 20.8. The van der Waals surface area contributed by atoms with Gasteiger partial charge in [-0.1, -0.05) is 42.5 Å². The van der Waals surface area contributed by atoms with Crippen LogP contribution in [0.4, 0.5) is 19.1 Å². The van der Waals surface area contributed by atoms with Crippen molar-refractivity contribution in [2.75, 3.05) is 18.4 Å². The van der Waals surface area contributed by atoms with Crippen LogP contribution in [0.15, 0.2) is 60.8 Å². The smallest absolute Gasteiger partial charge is 0.475 e. The Hall–Kier alpha value is -3.97. The van der Waals surface area contributed by atoms with Crippen molar-refractivity contribution >= 4 is 11.9 Å². The predicted molar refractivity (Wildman–Crippen MR) is 126 cm³/mol. The van der Waals surface area contributed by atoms with E-state index in [2.05, 4.69) is 39.5 Å². The van der Waals surface area contributed by atoms with Gasteiger partial charge >= 0.3 is 12.1 Å². The van der Waals surface area contributed by atoms with E-state index in [4.69, 9.17) is 20.1 Å². The molecule has 186 valence electrons. The van der Waals surface area contributed by atoms with Gasteiger partial charge < -0.3 is 10.4 Å². The topological polar surface area (TPSA) is 102 Å². The zero-order valence-electron chi connectivity index (χ0n) is 19.2. The largest absolute Gasteiger partial charge is 0.490 e. The van der Waals surface area contributed by atoms with Gasteiger partial charge in [0.15, 0.2) is 0 Å². The predicted octanol–water partition coefficient (Wildman–Crippen LogP) is 4.37. The van der Waals surface area contributed by atoms with Crippen LogP contribution in [0.3, 0.4) is 0 Å². The van der Waals surface area contributed by atoms with Gasteiger partial charge in [0.1, 0.15) is 0 Å². The molecule has 1 aromatic heterocycles. The third-order valence-corrected chi connectivity index (χ3v) is 6.25. The number of nitrogens with one attached hydrogen (secondary N) is 1. The number of carboxylic acids is 1. The first-order valence-electron chi connectivity index (χ1n) is 11.4. The van der Waals surface area contributed by atoms with E-state index in [9.17, 15) is 13.2 Å². The molecular weight excluding hydrogens is 471 g/mol. The summed E-state index contributed by atoms with van der Waals surface area (Å²) < 4.78 is 31.7. The van der Waals surface area contributed by atoms with E-state index in [0.717, 1.165) is 38.2 Å². The van der Waals surface area contributed by atoms with Crippen molar-refractivity contribution in [3.8, 4) is 6.07 Å². The van der Waals surface area contributed by atoms with E-state index >= 15 is 0 Å². The normalized spacial score (nSPS) is 18.4. The van der Waals surface area contributed by atoms with E-state index in [1.54, 1.807) is 0 Å². The van der Waals surface area contributed by atoms with E-state index in [-0.39, 0.29) is 0 Å². The highest BCUT2D eigenvalue weighted by atomic mass is 19.4. The average molecular weight is 496 g/mol. The van der Waals surface area contributed by atoms with Crippen LogP contribution in [0.25, 0.3) is 0 Å². The van der Waals surface area contributed by atoms with Gasteiger partial charge in [-0.2, -0.15) is 18.4 Å². The second-order valence-corrected chi connectivity index (χ2v) is 8.82. The lowest BCUT2D eigenvalue weighted by Crippen LogP contribution is -2.21. The number of aliphatic carboxylic acids is 1. The van der Waals surface area contributed by atoms with Crippen molar-refractivity contribution < 1.29 is 23.1 Å². The van der Waals surface area contributed by atoms with Crippen LogP contribution in [-0.2, 0) is 24.3 Å². The van der Waals surface area contributed by atoms with E-state index in [1.807, 2.05) is 42.6 Å². The number of halogens is 3. The summed E-state index contributed by atoms with van der Waals surface area (Å²) in [5, 5.41) is 19.6. The Labute approximate surface area is 206 Å². The molecule has 7 nitrogen and oxygen atoms in total. The second-order valence-electron chi connectivity index (χ2n) is 8.82. The fourth-order valence-electron chi connectivity index (χ4n) is 4.65. The number of hydrogen-bond acceptors (Lipinski definition) is 6. The van der Waals surface area contributed by atoms with E-state index in [1.165, 1.54) is 22.4 Å². The molecular formula is C26H24F3N5O2. The van der Waals surface area contributed by atoms with Gasteiger partial charge in [0.25, 0.3) is 0 Å². The summed E-state index contributed by atoms with van der Waals surface area (Å²) in [7, 11) is 0. The van der Waals surface area contributed by atoms with Crippen molar-refractivity contribution in [2.45, 2.75) is 31.6 Å². The van der Waals surface area contributed by atoms with Crippen molar-refractivity contribution in [3.05, 3.63) is 88.7 Å². The van der Waals surface area contributed by atoms with Crippen molar-refractivity contribution in [1.82, 2.24) is 14.9 Å². The first-order chi connectivity index (χ1) is 17.2. The Morgan fingerprint density at radius 3 is 2.56 bits per heavy atom. The molecule has 5 rings (SSSR count). The molecule has 1 fully saturated rings. The van der Waals surface area contributed by atoms with Crippen LogP contribution in [0, 0.1) is 17.2 Å². The quantitative estimate of drug-likeness (QED) is 0.542. The molecule has 1 aliphatic carbocycles. The maximum atomic E-state index is 10.6. The van der Waals surface area contributed by atoms with Crippen LogP contribution < -0.4 is 5.32 Å². The number of carboxylic acid groups (broad SMARTS) is 1. The van der Waals surface area contributed by atoms with Crippen molar-refractivity contribution in [3.63, 3.8) is 0 Å².